The number of imidazole rings is 1. The third-order valence-electron chi connectivity index (χ3n) is 4.00. The molecule has 5 heteroatoms. The maximum atomic E-state index is 13.6. The minimum absolute atomic E-state index is 0.169. The van der Waals surface area contributed by atoms with Crippen molar-refractivity contribution in [1.29, 1.82) is 0 Å². The molecule has 1 fully saturated rings. The molecule has 1 aliphatic rings. The Labute approximate surface area is 110 Å². The molecular weight excluding hydrogens is 248 g/mol. The van der Waals surface area contributed by atoms with E-state index in [0.717, 1.165) is 18.9 Å². The van der Waals surface area contributed by atoms with E-state index < -0.39 is 11.6 Å². The van der Waals surface area contributed by atoms with Crippen molar-refractivity contribution in [3.05, 3.63) is 29.6 Å². The molecule has 102 valence electrons. The van der Waals surface area contributed by atoms with Crippen molar-refractivity contribution in [2.45, 2.75) is 38.1 Å². The molecule has 1 saturated carbocycles. The number of rotatable bonds is 2. The van der Waals surface area contributed by atoms with E-state index in [0.29, 0.717) is 17.3 Å². The van der Waals surface area contributed by atoms with Crippen LogP contribution in [-0.4, -0.2) is 9.97 Å². The topological polar surface area (TPSA) is 54.7 Å². The molecule has 0 aliphatic heterocycles. The fourth-order valence-electron chi connectivity index (χ4n) is 2.94. The highest BCUT2D eigenvalue weighted by atomic mass is 19.1. The Kier molecular flexibility index (Phi) is 3.22. The molecule has 3 rings (SSSR count). The summed E-state index contributed by atoms with van der Waals surface area (Å²) in [5.74, 6) is -0.312. The van der Waals surface area contributed by atoms with Crippen LogP contribution < -0.4 is 5.73 Å². The summed E-state index contributed by atoms with van der Waals surface area (Å²) in [7, 11) is 0. The van der Waals surface area contributed by atoms with Gasteiger partial charge in [-0.15, -0.1) is 0 Å². The molecule has 1 unspecified atom stereocenters. The van der Waals surface area contributed by atoms with E-state index in [1.54, 1.807) is 0 Å². The zero-order valence-electron chi connectivity index (χ0n) is 10.6. The van der Waals surface area contributed by atoms with Crippen LogP contribution in [0.25, 0.3) is 11.0 Å². The SMILES string of the molecule is NC(c1nc2c(F)cc(F)cc2[nH]1)C1CCCCC1. The molecule has 3 nitrogen and oxygen atoms in total. The summed E-state index contributed by atoms with van der Waals surface area (Å²) in [6.45, 7) is 0. The highest BCUT2D eigenvalue weighted by molar-refractivity contribution is 5.75. The summed E-state index contributed by atoms with van der Waals surface area (Å²) >= 11 is 0. The van der Waals surface area contributed by atoms with Gasteiger partial charge in [0.2, 0.25) is 0 Å². The lowest BCUT2D eigenvalue weighted by Crippen LogP contribution is -2.24. The van der Waals surface area contributed by atoms with Gasteiger partial charge in [-0.1, -0.05) is 19.3 Å². The number of nitrogens with one attached hydrogen (secondary N) is 1. The first-order valence-corrected chi connectivity index (χ1v) is 6.75. The first-order chi connectivity index (χ1) is 9.15. The van der Waals surface area contributed by atoms with Gasteiger partial charge in [0.15, 0.2) is 5.82 Å². The van der Waals surface area contributed by atoms with E-state index in [1.807, 2.05) is 0 Å². The molecule has 1 aromatic carbocycles. The highest BCUT2D eigenvalue weighted by Gasteiger charge is 2.24. The van der Waals surface area contributed by atoms with Gasteiger partial charge in [-0.25, -0.2) is 13.8 Å². The van der Waals surface area contributed by atoms with E-state index in [4.69, 9.17) is 5.73 Å². The van der Waals surface area contributed by atoms with Crippen LogP contribution in [-0.2, 0) is 0 Å². The number of fused-ring (bicyclic) bond motifs is 1. The van der Waals surface area contributed by atoms with Crippen molar-refractivity contribution in [2.75, 3.05) is 0 Å². The molecule has 0 amide bonds. The predicted molar refractivity (Wildman–Crippen MR) is 69.5 cm³/mol. The minimum atomic E-state index is -0.645. The van der Waals surface area contributed by atoms with Crippen molar-refractivity contribution in [1.82, 2.24) is 9.97 Å². The summed E-state index contributed by atoms with van der Waals surface area (Å²) in [5, 5.41) is 0. The van der Waals surface area contributed by atoms with Gasteiger partial charge in [-0.2, -0.15) is 0 Å². The fraction of sp³-hybridized carbons (Fsp3) is 0.500. The van der Waals surface area contributed by atoms with E-state index >= 15 is 0 Å². The van der Waals surface area contributed by atoms with Gasteiger partial charge < -0.3 is 10.7 Å². The van der Waals surface area contributed by atoms with Crippen LogP contribution in [0.2, 0.25) is 0 Å². The molecule has 2 aromatic rings. The van der Waals surface area contributed by atoms with Gasteiger partial charge in [0.05, 0.1) is 11.6 Å². The van der Waals surface area contributed by atoms with Gasteiger partial charge in [0, 0.05) is 6.07 Å². The molecule has 3 N–H and O–H groups in total. The predicted octanol–water partition coefficient (Wildman–Crippen LogP) is 3.42. The Morgan fingerprint density at radius 3 is 2.68 bits per heavy atom. The molecular formula is C14H17F2N3. The standard InChI is InChI=1S/C14H17F2N3/c15-9-6-10(16)13-11(7-9)18-14(19-13)12(17)8-4-2-1-3-5-8/h6-8,12H,1-5,17H2,(H,18,19). The number of halogens is 2. The number of aromatic nitrogens is 2. The number of nitrogens with two attached hydrogens (primary N) is 1. The van der Waals surface area contributed by atoms with E-state index in [2.05, 4.69) is 9.97 Å². The van der Waals surface area contributed by atoms with Crippen LogP contribution in [0.3, 0.4) is 0 Å². The Bertz CT molecular complexity index is 588. The number of aromatic amines is 1. The molecule has 0 bridgehead atoms. The Hall–Kier alpha value is -1.49. The second-order valence-electron chi connectivity index (χ2n) is 5.33. The van der Waals surface area contributed by atoms with Crippen LogP contribution in [0.1, 0.15) is 44.0 Å². The number of nitrogens with zero attached hydrogens (tertiary/aromatic N) is 1. The summed E-state index contributed by atoms with van der Waals surface area (Å²) in [6.07, 6.45) is 5.77. The first kappa shape index (κ1) is 12.5. The number of hydrogen-bond acceptors (Lipinski definition) is 2. The average molecular weight is 265 g/mol. The highest BCUT2D eigenvalue weighted by Crippen LogP contribution is 2.32. The van der Waals surface area contributed by atoms with Crippen LogP contribution in [0.15, 0.2) is 12.1 Å². The van der Waals surface area contributed by atoms with Crippen molar-refractivity contribution < 1.29 is 8.78 Å². The van der Waals surface area contributed by atoms with Gasteiger partial charge in [-0.3, -0.25) is 0 Å². The summed E-state index contributed by atoms with van der Waals surface area (Å²) in [4.78, 5) is 7.16. The van der Waals surface area contributed by atoms with Crippen molar-refractivity contribution >= 4 is 11.0 Å². The third-order valence-corrected chi connectivity index (χ3v) is 4.00. The smallest absolute Gasteiger partial charge is 0.153 e. The minimum Gasteiger partial charge on any atom is -0.340 e. The van der Waals surface area contributed by atoms with Crippen molar-refractivity contribution in [2.24, 2.45) is 11.7 Å². The zero-order chi connectivity index (χ0) is 13.4. The van der Waals surface area contributed by atoms with E-state index in [-0.39, 0.29) is 11.6 Å². The van der Waals surface area contributed by atoms with Crippen molar-refractivity contribution in [3.63, 3.8) is 0 Å². The zero-order valence-corrected chi connectivity index (χ0v) is 10.6. The normalized spacial score (nSPS) is 18.9. The molecule has 1 atom stereocenters. The number of H-pyrrole nitrogens is 1. The Morgan fingerprint density at radius 2 is 1.95 bits per heavy atom. The maximum Gasteiger partial charge on any atom is 0.153 e. The lowest BCUT2D eigenvalue weighted by Gasteiger charge is -2.25. The first-order valence-electron chi connectivity index (χ1n) is 6.75. The number of hydrogen-bond donors (Lipinski definition) is 2. The third kappa shape index (κ3) is 2.34. The van der Waals surface area contributed by atoms with Gasteiger partial charge in [0.25, 0.3) is 0 Å². The monoisotopic (exact) mass is 265 g/mol. The Balaban J connectivity index is 1.94. The van der Waals surface area contributed by atoms with E-state index in [9.17, 15) is 8.78 Å². The summed E-state index contributed by atoms with van der Waals surface area (Å²) in [6, 6.07) is 1.87. The van der Waals surface area contributed by atoms with Gasteiger partial charge in [0.1, 0.15) is 17.2 Å². The molecule has 0 spiro atoms. The van der Waals surface area contributed by atoms with Crippen LogP contribution in [0.4, 0.5) is 8.78 Å². The fourth-order valence-corrected chi connectivity index (χ4v) is 2.94. The quantitative estimate of drug-likeness (QED) is 0.874. The van der Waals surface area contributed by atoms with Gasteiger partial charge in [-0.05, 0) is 24.8 Å². The molecule has 1 aromatic heterocycles. The summed E-state index contributed by atoms with van der Waals surface area (Å²) in [5.41, 5.74) is 6.75. The van der Waals surface area contributed by atoms with Crippen LogP contribution in [0, 0.1) is 17.6 Å². The summed E-state index contributed by atoms with van der Waals surface area (Å²) < 4.78 is 26.7. The molecule has 0 radical (unpaired) electrons. The number of benzene rings is 1. The van der Waals surface area contributed by atoms with Crippen molar-refractivity contribution in [3.8, 4) is 0 Å². The van der Waals surface area contributed by atoms with E-state index in [1.165, 1.54) is 25.3 Å². The lowest BCUT2D eigenvalue weighted by atomic mass is 9.84. The van der Waals surface area contributed by atoms with Gasteiger partial charge >= 0.3 is 0 Å². The maximum absolute atomic E-state index is 13.6. The second kappa shape index (κ2) is 4.89. The molecule has 0 saturated heterocycles. The molecule has 19 heavy (non-hydrogen) atoms. The molecule has 1 aliphatic carbocycles. The second-order valence-corrected chi connectivity index (χ2v) is 5.33. The van der Waals surface area contributed by atoms with Crippen LogP contribution in [0.5, 0.6) is 0 Å². The van der Waals surface area contributed by atoms with Crippen LogP contribution >= 0.6 is 0 Å². The average Bonchev–Trinajstić information content (AvgIpc) is 2.83. The molecule has 1 heterocycles. The Morgan fingerprint density at radius 1 is 1.21 bits per heavy atom. The lowest BCUT2D eigenvalue weighted by molar-refractivity contribution is 0.302. The largest absolute Gasteiger partial charge is 0.340 e.